The number of aliphatic imine (C=N–C) groups is 1. The molecule has 0 amide bonds. The van der Waals surface area contributed by atoms with Crippen molar-refractivity contribution >= 4 is 11.9 Å². The molecule has 0 fully saturated rings. The number of nitrogens with zero attached hydrogens (tertiary/aromatic N) is 6. The molecule has 0 bridgehead atoms. The van der Waals surface area contributed by atoms with E-state index >= 15 is 0 Å². The summed E-state index contributed by atoms with van der Waals surface area (Å²) in [7, 11) is 0. The van der Waals surface area contributed by atoms with Gasteiger partial charge in [-0.15, -0.1) is 0 Å². The SMILES string of the molecule is CCCCNN1CN=C(Nc2ncncn2)N(NCCCC)C1. The predicted molar refractivity (Wildman–Crippen MR) is 90.1 cm³/mol. The van der Waals surface area contributed by atoms with Gasteiger partial charge in [-0.25, -0.2) is 30.4 Å². The molecule has 1 aromatic rings. The number of rotatable bonds is 9. The van der Waals surface area contributed by atoms with Crippen molar-refractivity contribution in [1.82, 2.24) is 35.8 Å². The lowest BCUT2D eigenvalue weighted by atomic mass is 10.3. The fourth-order valence-corrected chi connectivity index (χ4v) is 2.06. The first kappa shape index (κ1) is 17.5. The number of unbranched alkanes of at least 4 members (excludes halogenated alkanes) is 2. The highest BCUT2D eigenvalue weighted by Gasteiger charge is 2.21. The Hall–Kier alpha value is -1.84. The molecule has 1 aliphatic heterocycles. The minimum absolute atomic E-state index is 0.494. The van der Waals surface area contributed by atoms with Crippen LogP contribution < -0.4 is 16.2 Å². The zero-order valence-electron chi connectivity index (χ0n) is 14.0. The van der Waals surface area contributed by atoms with Crippen molar-refractivity contribution in [3.8, 4) is 0 Å². The molecule has 0 spiro atoms. The van der Waals surface area contributed by atoms with Crippen LogP contribution in [-0.4, -0.2) is 57.4 Å². The molecule has 0 aliphatic carbocycles. The molecule has 0 radical (unpaired) electrons. The zero-order chi connectivity index (χ0) is 16.3. The van der Waals surface area contributed by atoms with Gasteiger partial charge >= 0.3 is 0 Å². The van der Waals surface area contributed by atoms with Crippen LogP contribution in [0.4, 0.5) is 5.95 Å². The maximum absolute atomic E-state index is 4.58. The van der Waals surface area contributed by atoms with Crippen LogP contribution in [0.5, 0.6) is 0 Å². The molecular weight excluding hydrogens is 294 g/mol. The van der Waals surface area contributed by atoms with Crippen LogP contribution >= 0.6 is 0 Å². The van der Waals surface area contributed by atoms with E-state index in [1.54, 1.807) is 0 Å². The van der Waals surface area contributed by atoms with Crippen LogP contribution in [0.25, 0.3) is 0 Å². The minimum atomic E-state index is 0.494. The average molecular weight is 321 g/mol. The van der Waals surface area contributed by atoms with Gasteiger partial charge in [0.2, 0.25) is 11.9 Å². The number of hydrazine groups is 2. The minimum Gasteiger partial charge on any atom is -0.293 e. The summed E-state index contributed by atoms with van der Waals surface area (Å²) < 4.78 is 0. The van der Waals surface area contributed by atoms with Crippen LogP contribution in [0.15, 0.2) is 17.6 Å². The third-order valence-electron chi connectivity index (χ3n) is 3.37. The fourth-order valence-electron chi connectivity index (χ4n) is 2.06. The summed E-state index contributed by atoms with van der Waals surface area (Å²) in [6.45, 7) is 7.51. The molecule has 1 aliphatic rings. The molecule has 0 aromatic carbocycles. The van der Waals surface area contributed by atoms with E-state index in [0.717, 1.165) is 38.3 Å². The van der Waals surface area contributed by atoms with E-state index in [9.17, 15) is 0 Å². The number of nitrogens with one attached hydrogen (secondary N) is 3. The molecule has 9 heteroatoms. The third kappa shape index (κ3) is 6.05. The van der Waals surface area contributed by atoms with Crippen molar-refractivity contribution < 1.29 is 0 Å². The van der Waals surface area contributed by atoms with Crippen LogP contribution in [0.3, 0.4) is 0 Å². The highest BCUT2D eigenvalue weighted by atomic mass is 15.7. The van der Waals surface area contributed by atoms with E-state index in [1.807, 2.05) is 5.01 Å². The Labute approximate surface area is 137 Å². The highest BCUT2D eigenvalue weighted by molar-refractivity contribution is 5.92. The molecular formula is C14H27N9. The molecule has 0 saturated carbocycles. The maximum Gasteiger partial charge on any atom is 0.232 e. The van der Waals surface area contributed by atoms with Crippen molar-refractivity contribution in [1.29, 1.82) is 0 Å². The number of hydrogen-bond donors (Lipinski definition) is 3. The summed E-state index contributed by atoms with van der Waals surface area (Å²) in [4.78, 5) is 16.6. The van der Waals surface area contributed by atoms with Gasteiger partial charge < -0.3 is 0 Å². The Balaban J connectivity index is 1.95. The Morgan fingerprint density at radius 2 is 1.74 bits per heavy atom. The van der Waals surface area contributed by atoms with E-state index in [-0.39, 0.29) is 0 Å². The lowest BCUT2D eigenvalue weighted by Crippen LogP contribution is -2.58. The van der Waals surface area contributed by atoms with Crippen LogP contribution in [0.1, 0.15) is 39.5 Å². The van der Waals surface area contributed by atoms with Crippen LogP contribution in [0.2, 0.25) is 0 Å². The highest BCUT2D eigenvalue weighted by Crippen LogP contribution is 2.04. The van der Waals surface area contributed by atoms with Crippen molar-refractivity contribution in [3.63, 3.8) is 0 Å². The molecule has 23 heavy (non-hydrogen) atoms. The molecule has 3 N–H and O–H groups in total. The van der Waals surface area contributed by atoms with Gasteiger partial charge in [0.1, 0.15) is 26.0 Å². The first-order chi connectivity index (χ1) is 11.3. The molecule has 0 saturated heterocycles. The van der Waals surface area contributed by atoms with Gasteiger partial charge in [-0.3, -0.25) is 15.8 Å². The Morgan fingerprint density at radius 1 is 1.04 bits per heavy atom. The standard InChI is InChI=1S/C14H27N9/c1-3-5-7-19-22-11-18-14(21-13-16-9-15-10-17-13)23(12-22)20-8-6-4-2/h9-10,19-20H,3-8,11-12H2,1-2H3,(H,15,16,17,18,21). The predicted octanol–water partition coefficient (Wildman–Crippen LogP) is 0.782. The van der Waals surface area contributed by atoms with E-state index in [4.69, 9.17) is 0 Å². The van der Waals surface area contributed by atoms with E-state index in [0.29, 0.717) is 19.3 Å². The van der Waals surface area contributed by atoms with Crippen molar-refractivity contribution in [3.05, 3.63) is 12.7 Å². The smallest absolute Gasteiger partial charge is 0.232 e. The third-order valence-corrected chi connectivity index (χ3v) is 3.37. The Bertz CT molecular complexity index is 465. The number of aromatic nitrogens is 3. The normalized spacial score (nSPS) is 15.6. The zero-order valence-corrected chi connectivity index (χ0v) is 14.0. The van der Waals surface area contributed by atoms with Gasteiger partial charge in [-0.1, -0.05) is 26.7 Å². The summed E-state index contributed by atoms with van der Waals surface area (Å²) in [5.41, 5.74) is 6.80. The summed E-state index contributed by atoms with van der Waals surface area (Å²) in [6, 6.07) is 0. The molecule has 128 valence electrons. The van der Waals surface area contributed by atoms with Crippen molar-refractivity contribution in [2.75, 3.05) is 31.7 Å². The van der Waals surface area contributed by atoms with E-state index in [2.05, 4.69) is 55.0 Å². The topological polar surface area (TPSA) is 93.6 Å². The first-order valence-corrected chi connectivity index (χ1v) is 8.26. The molecule has 9 nitrogen and oxygen atoms in total. The van der Waals surface area contributed by atoms with Crippen LogP contribution in [0, 0.1) is 0 Å². The van der Waals surface area contributed by atoms with Gasteiger partial charge in [0.25, 0.3) is 0 Å². The number of anilines is 1. The maximum atomic E-state index is 4.58. The lowest BCUT2D eigenvalue weighted by molar-refractivity contribution is 0.0863. The molecule has 0 atom stereocenters. The lowest BCUT2D eigenvalue weighted by Gasteiger charge is -2.36. The quantitative estimate of drug-likeness (QED) is 0.575. The van der Waals surface area contributed by atoms with Gasteiger partial charge in [0.05, 0.1) is 0 Å². The average Bonchev–Trinajstić information content (AvgIpc) is 2.58. The van der Waals surface area contributed by atoms with Gasteiger partial charge in [-0.05, 0) is 12.8 Å². The summed E-state index contributed by atoms with van der Waals surface area (Å²) in [5, 5.41) is 7.22. The molecule has 2 heterocycles. The molecule has 1 aromatic heterocycles. The van der Waals surface area contributed by atoms with E-state index < -0.39 is 0 Å². The van der Waals surface area contributed by atoms with Gasteiger partial charge in [0.15, 0.2) is 0 Å². The first-order valence-electron chi connectivity index (χ1n) is 8.26. The van der Waals surface area contributed by atoms with Crippen molar-refractivity contribution in [2.45, 2.75) is 39.5 Å². The van der Waals surface area contributed by atoms with Crippen LogP contribution in [-0.2, 0) is 0 Å². The fraction of sp³-hybridized carbons (Fsp3) is 0.714. The molecule has 2 rings (SSSR count). The van der Waals surface area contributed by atoms with Crippen molar-refractivity contribution in [2.24, 2.45) is 4.99 Å². The monoisotopic (exact) mass is 321 g/mol. The number of hydrogen-bond acceptors (Lipinski definition) is 9. The molecule has 0 unspecified atom stereocenters. The van der Waals surface area contributed by atoms with Gasteiger partial charge in [0, 0.05) is 13.1 Å². The summed E-state index contributed by atoms with van der Waals surface area (Å²) >= 11 is 0. The second kappa shape index (κ2) is 10.0. The van der Waals surface area contributed by atoms with E-state index in [1.165, 1.54) is 19.1 Å². The summed E-state index contributed by atoms with van der Waals surface area (Å²) in [5.74, 6) is 1.22. The summed E-state index contributed by atoms with van der Waals surface area (Å²) in [6.07, 6.45) is 7.51. The largest absolute Gasteiger partial charge is 0.293 e. The number of guanidine groups is 1. The van der Waals surface area contributed by atoms with Gasteiger partial charge in [-0.2, -0.15) is 0 Å². The Morgan fingerprint density at radius 3 is 2.43 bits per heavy atom. The second-order valence-electron chi connectivity index (χ2n) is 5.34. The Kier molecular flexibility index (Phi) is 7.64. The second-order valence-corrected chi connectivity index (χ2v) is 5.34.